The van der Waals surface area contributed by atoms with Crippen molar-refractivity contribution >= 4 is 17.5 Å². The molecule has 2 atom stereocenters. The first-order valence-corrected chi connectivity index (χ1v) is 9.04. The summed E-state index contributed by atoms with van der Waals surface area (Å²) in [6.45, 7) is 0.683. The molecule has 2 aliphatic heterocycles. The number of aromatic nitrogens is 2. The van der Waals surface area contributed by atoms with E-state index in [0.717, 1.165) is 31.3 Å². The predicted octanol–water partition coefficient (Wildman–Crippen LogP) is 2.75. The van der Waals surface area contributed by atoms with E-state index in [4.69, 9.17) is 4.74 Å². The Kier molecular flexibility index (Phi) is 4.95. The number of carbonyl (C=O) groups excluding carboxylic acids is 2. The molecular weight excluding hydrogens is 389 g/mol. The van der Waals surface area contributed by atoms with Crippen LogP contribution < -0.4 is 5.32 Å². The third-order valence-corrected chi connectivity index (χ3v) is 4.91. The summed E-state index contributed by atoms with van der Waals surface area (Å²) in [5, 5.41) is 2.37. The Morgan fingerprint density at radius 3 is 2.48 bits per heavy atom. The fraction of sp³-hybridized carbons (Fsp3) is 0.368. The van der Waals surface area contributed by atoms with Crippen LogP contribution in [0.5, 0.6) is 0 Å². The number of amides is 2. The highest BCUT2D eigenvalue weighted by Gasteiger charge is 2.37. The number of carbonyl (C=O) groups is 2. The Balaban J connectivity index is 1.62. The highest BCUT2D eigenvalue weighted by Crippen LogP contribution is 2.33. The van der Waals surface area contributed by atoms with Crippen molar-refractivity contribution in [1.29, 1.82) is 0 Å². The molecule has 4 rings (SSSR count). The Morgan fingerprint density at radius 2 is 1.86 bits per heavy atom. The zero-order valence-corrected chi connectivity index (χ0v) is 15.1. The zero-order chi connectivity index (χ0) is 20.6. The molecule has 0 saturated carbocycles. The molecule has 1 aromatic heterocycles. The summed E-state index contributed by atoms with van der Waals surface area (Å²) in [5.74, 6) is -1.22. The number of likely N-dealkylation sites (tertiary alicyclic amines) is 1. The van der Waals surface area contributed by atoms with Crippen LogP contribution in [0.3, 0.4) is 0 Å². The molecule has 152 valence electrons. The molecule has 0 spiro atoms. The van der Waals surface area contributed by atoms with Gasteiger partial charge < -0.3 is 15.0 Å². The Bertz CT molecular complexity index is 924. The van der Waals surface area contributed by atoms with E-state index in [9.17, 15) is 22.8 Å². The van der Waals surface area contributed by atoms with Crippen molar-refractivity contribution in [3.8, 4) is 0 Å². The molecule has 0 radical (unpaired) electrons. The van der Waals surface area contributed by atoms with Gasteiger partial charge in [-0.1, -0.05) is 0 Å². The monoisotopic (exact) mass is 406 g/mol. The van der Waals surface area contributed by atoms with Crippen LogP contribution in [-0.2, 0) is 10.9 Å². The van der Waals surface area contributed by atoms with Gasteiger partial charge in [0.25, 0.3) is 11.8 Å². The SMILES string of the molecule is O=C(Nc1cc(C(=O)N2C[C@H]3CC[C@@H](C2)O3)cc(C(F)(F)F)c1)c1ccncn1. The van der Waals surface area contributed by atoms with E-state index in [1.54, 1.807) is 0 Å². The van der Waals surface area contributed by atoms with Crippen molar-refractivity contribution in [3.63, 3.8) is 0 Å². The number of fused-ring (bicyclic) bond motifs is 2. The van der Waals surface area contributed by atoms with Gasteiger partial charge in [0.1, 0.15) is 12.0 Å². The van der Waals surface area contributed by atoms with Crippen LogP contribution in [0.1, 0.15) is 39.3 Å². The molecule has 3 heterocycles. The average molecular weight is 406 g/mol. The molecule has 2 amide bonds. The fourth-order valence-electron chi connectivity index (χ4n) is 3.57. The van der Waals surface area contributed by atoms with Crippen LogP contribution in [0, 0.1) is 0 Å². The quantitative estimate of drug-likeness (QED) is 0.848. The lowest BCUT2D eigenvalue weighted by molar-refractivity contribution is -0.137. The fourth-order valence-corrected chi connectivity index (χ4v) is 3.57. The van der Waals surface area contributed by atoms with Gasteiger partial charge in [-0.25, -0.2) is 9.97 Å². The Morgan fingerprint density at radius 1 is 1.14 bits per heavy atom. The highest BCUT2D eigenvalue weighted by molar-refractivity contribution is 6.04. The minimum Gasteiger partial charge on any atom is -0.371 e. The van der Waals surface area contributed by atoms with Crippen LogP contribution in [0.4, 0.5) is 18.9 Å². The van der Waals surface area contributed by atoms with Gasteiger partial charge in [-0.15, -0.1) is 0 Å². The van der Waals surface area contributed by atoms with E-state index in [-0.39, 0.29) is 29.2 Å². The number of hydrogen-bond acceptors (Lipinski definition) is 5. The summed E-state index contributed by atoms with van der Waals surface area (Å²) in [4.78, 5) is 34.1. The normalized spacial score (nSPS) is 21.1. The van der Waals surface area contributed by atoms with Crippen molar-refractivity contribution in [2.75, 3.05) is 18.4 Å². The van der Waals surface area contributed by atoms with Gasteiger partial charge in [0, 0.05) is 30.5 Å². The third kappa shape index (κ3) is 4.21. The van der Waals surface area contributed by atoms with Crippen LogP contribution in [0.25, 0.3) is 0 Å². The van der Waals surface area contributed by atoms with Crippen LogP contribution >= 0.6 is 0 Å². The standard InChI is InChI=1S/C19H17F3N4O3/c20-19(21,22)12-5-11(18(28)26-8-14-1-2-15(9-26)29-14)6-13(7-12)25-17(27)16-3-4-23-10-24-16/h3-7,10,14-15H,1-2,8-9H2,(H,25,27)/t14-,15+. The number of alkyl halides is 3. The maximum absolute atomic E-state index is 13.4. The molecule has 2 aliphatic rings. The molecule has 2 bridgehead atoms. The summed E-state index contributed by atoms with van der Waals surface area (Å²) in [7, 11) is 0. The van der Waals surface area contributed by atoms with Crippen LogP contribution in [0.15, 0.2) is 36.8 Å². The first-order valence-electron chi connectivity index (χ1n) is 9.04. The molecule has 29 heavy (non-hydrogen) atoms. The topological polar surface area (TPSA) is 84.4 Å². The van der Waals surface area contributed by atoms with Gasteiger partial charge in [0.15, 0.2) is 0 Å². The maximum Gasteiger partial charge on any atom is 0.416 e. The van der Waals surface area contributed by atoms with Crippen molar-refractivity contribution in [3.05, 3.63) is 53.6 Å². The van der Waals surface area contributed by atoms with Crippen LogP contribution in [0.2, 0.25) is 0 Å². The molecule has 1 N–H and O–H groups in total. The molecule has 0 aliphatic carbocycles. The first kappa shape index (κ1) is 19.3. The van der Waals surface area contributed by atoms with Crippen molar-refractivity contribution in [2.24, 2.45) is 0 Å². The third-order valence-electron chi connectivity index (χ3n) is 4.91. The number of rotatable bonds is 3. The van der Waals surface area contributed by atoms with Gasteiger partial charge >= 0.3 is 6.18 Å². The first-order chi connectivity index (χ1) is 13.8. The molecule has 7 nitrogen and oxygen atoms in total. The van der Waals surface area contributed by atoms with Gasteiger partial charge in [0.2, 0.25) is 0 Å². The molecule has 10 heteroatoms. The number of benzene rings is 1. The lowest BCUT2D eigenvalue weighted by Crippen LogP contribution is -2.45. The summed E-state index contributed by atoms with van der Waals surface area (Å²) >= 11 is 0. The zero-order valence-electron chi connectivity index (χ0n) is 15.1. The van der Waals surface area contributed by atoms with Gasteiger partial charge in [0.05, 0.1) is 17.8 Å². The molecule has 0 unspecified atom stereocenters. The summed E-state index contributed by atoms with van der Waals surface area (Å²) in [6.07, 6.45) is -0.678. The van der Waals surface area contributed by atoms with Crippen molar-refractivity contribution in [2.45, 2.75) is 31.2 Å². The Hall–Kier alpha value is -3.01. The lowest BCUT2D eigenvalue weighted by Gasteiger charge is -2.32. The Labute approximate surface area is 163 Å². The summed E-state index contributed by atoms with van der Waals surface area (Å²) in [6, 6.07) is 4.17. The number of hydrogen-bond donors (Lipinski definition) is 1. The molecule has 2 aromatic rings. The van der Waals surface area contributed by atoms with E-state index in [2.05, 4.69) is 15.3 Å². The van der Waals surface area contributed by atoms with E-state index in [1.807, 2.05) is 0 Å². The number of ether oxygens (including phenoxy) is 1. The number of anilines is 1. The van der Waals surface area contributed by atoms with Crippen LogP contribution in [-0.4, -0.2) is 52.0 Å². The second-order valence-corrected chi connectivity index (χ2v) is 7.01. The number of halogens is 3. The van der Waals surface area contributed by atoms with E-state index in [0.29, 0.717) is 13.1 Å². The minimum atomic E-state index is -4.67. The van der Waals surface area contributed by atoms with Gasteiger partial charge in [-0.2, -0.15) is 13.2 Å². The average Bonchev–Trinajstić information content (AvgIpc) is 3.04. The minimum absolute atomic E-state index is 0.00459. The molecule has 1 aromatic carbocycles. The highest BCUT2D eigenvalue weighted by atomic mass is 19.4. The summed E-state index contributed by atoms with van der Waals surface area (Å²) < 4.78 is 45.8. The van der Waals surface area contributed by atoms with Gasteiger partial charge in [-0.3, -0.25) is 9.59 Å². The second kappa shape index (κ2) is 7.43. The number of nitrogens with zero attached hydrogens (tertiary/aromatic N) is 3. The lowest BCUT2D eigenvalue weighted by atomic mass is 10.1. The molecule has 2 saturated heterocycles. The smallest absolute Gasteiger partial charge is 0.371 e. The van der Waals surface area contributed by atoms with Crippen molar-refractivity contribution < 1.29 is 27.5 Å². The van der Waals surface area contributed by atoms with E-state index < -0.39 is 23.6 Å². The number of morpholine rings is 1. The summed E-state index contributed by atoms with van der Waals surface area (Å²) in [5.41, 5.74) is -1.30. The second-order valence-electron chi connectivity index (χ2n) is 7.01. The number of nitrogens with one attached hydrogen (secondary N) is 1. The van der Waals surface area contributed by atoms with Crippen molar-refractivity contribution in [1.82, 2.24) is 14.9 Å². The molecule has 2 fully saturated rings. The predicted molar refractivity (Wildman–Crippen MR) is 95.2 cm³/mol. The van der Waals surface area contributed by atoms with Gasteiger partial charge in [-0.05, 0) is 37.1 Å². The maximum atomic E-state index is 13.4. The largest absolute Gasteiger partial charge is 0.416 e. The van der Waals surface area contributed by atoms with E-state index >= 15 is 0 Å². The van der Waals surface area contributed by atoms with E-state index in [1.165, 1.54) is 23.2 Å². The molecular formula is C19H17F3N4O3.